The van der Waals surface area contributed by atoms with Gasteiger partial charge in [-0.15, -0.1) is 10.2 Å². The van der Waals surface area contributed by atoms with Crippen molar-refractivity contribution in [3.05, 3.63) is 68.3 Å². The van der Waals surface area contributed by atoms with Crippen LogP contribution in [0.4, 0.5) is 17.1 Å². The number of rotatable bonds is 8. The number of hydrogen-bond donors (Lipinski definition) is 3. The normalized spacial score (nSPS) is 11.0. The molecule has 164 valence electrons. The number of nitrogens with zero attached hydrogens (tertiary/aromatic N) is 4. The molecular formula is C19H16N6O7. The fraction of sp³-hybridized carbons (Fsp3) is 0.158. The Morgan fingerprint density at radius 1 is 1.03 bits per heavy atom. The number of non-ortho nitro benzene ring substituents is 2. The van der Waals surface area contributed by atoms with Crippen LogP contribution in [0, 0.1) is 20.2 Å². The Morgan fingerprint density at radius 2 is 1.69 bits per heavy atom. The quantitative estimate of drug-likeness (QED) is 0.206. The molecular weight excluding hydrogens is 424 g/mol. The number of benzene rings is 2. The molecule has 0 aliphatic rings. The molecule has 1 heterocycles. The molecule has 2 amide bonds. The summed E-state index contributed by atoms with van der Waals surface area (Å²) in [5.74, 6) is -1.44. The van der Waals surface area contributed by atoms with Gasteiger partial charge < -0.3 is 15.4 Å². The summed E-state index contributed by atoms with van der Waals surface area (Å²) >= 11 is 0. The number of fused-ring (bicyclic) bond motifs is 1. The molecule has 0 saturated heterocycles. The van der Waals surface area contributed by atoms with Crippen molar-refractivity contribution in [2.24, 2.45) is 10.2 Å². The molecule has 0 unspecified atom stereocenters. The van der Waals surface area contributed by atoms with Gasteiger partial charge in [-0.2, -0.15) is 0 Å². The van der Waals surface area contributed by atoms with E-state index >= 15 is 0 Å². The lowest BCUT2D eigenvalue weighted by molar-refractivity contribution is -0.385. The summed E-state index contributed by atoms with van der Waals surface area (Å²) in [5.41, 5.74) is 0.203. The molecule has 13 nitrogen and oxygen atoms in total. The Morgan fingerprint density at radius 3 is 2.34 bits per heavy atom. The van der Waals surface area contributed by atoms with Crippen LogP contribution in [-0.2, 0) is 4.79 Å². The molecule has 0 radical (unpaired) electrons. The summed E-state index contributed by atoms with van der Waals surface area (Å²) in [6, 6.07) is 8.95. The minimum atomic E-state index is -0.617. The first kappa shape index (κ1) is 22.0. The average molecular weight is 440 g/mol. The maximum Gasteiger partial charge on any atom is 0.270 e. The molecule has 3 aromatic rings. The number of nitrogens with one attached hydrogen (secondary N) is 2. The number of nitro benzene ring substituents is 2. The van der Waals surface area contributed by atoms with E-state index in [2.05, 4.69) is 20.5 Å². The number of azo groups is 1. The maximum absolute atomic E-state index is 12.0. The van der Waals surface area contributed by atoms with E-state index in [1.165, 1.54) is 42.5 Å². The van der Waals surface area contributed by atoms with Crippen molar-refractivity contribution >= 4 is 39.8 Å². The van der Waals surface area contributed by atoms with E-state index in [0.717, 1.165) is 0 Å². The first-order valence-corrected chi connectivity index (χ1v) is 9.22. The Bertz CT molecular complexity index is 1230. The van der Waals surface area contributed by atoms with E-state index in [4.69, 9.17) is 0 Å². The summed E-state index contributed by atoms with van der Waals surface area (Å²) in [6.45, 7) is 0.154. The smallest absolute Gasteiger partial charge is 0.270 e. The fourth-order valence-corrected chi connectivity index (χ4v) is 2.80. The highest BCUT2D eigenvalue weighted by molar-refractivity contribution is 5.96. The zero-order valence-corrected chi connectivity index (χ0v) is 16.3. The van der Waals surface area contributed by atoms with Crippen LogP contribution in [0.1, 0.15) is 23.2 Å². The summed E-state index contributed by atoms with van der Waals surface area (Å²) in [5, 5.41) is 41.5. The number of aromatic nitrogens is 1. The maximum atomic E-state index is 12.0. The van der Waals surface area contributed by atoms with Crippen molar-refractivity contribution < 1.29 is 24.5 Å². The minimum Gasteiger partial charge on any atom is -0.493 e. The third kappa shape index (κ3) is 5.08. The summed E-state index contributed by atoms with van der Waals surface area (Å²) < 4.78 is 0. The molecule has 0 atom stereocenters. The van der Waals surface area contributed by atoms with Crippen LogP contribution < -0.4 is 5.32 Å². The lowest BCUT2D eigenvalue weighted by Crippen LogP contribution is -2.24. The van der Waals surface area contributed by atoms with Crippen LogP contribution in [-0.4, -0.2) is 38.3 Å². The highest BCUT2D eigenvalue weighted by Gasteiger charge is 2.15. The van der Waals surface area contributed by atoms with Gasteiger partial charge in [-0.25, -0.2) is 0 Å². The van der Waals surface area contributed by atoms with Gasteiger partial charge in [0.1, 0.15) is 0 Å². The van der Waals surface area contributed by atoms with Gasteiger partial charge in [0.05, 0.1) is 15.4 Å². The van der Waals surface area contributed by atoms with E-state index < -0.39 is 21.7 Å². The Hall–Kier alpha value is -4.68. The van der Waals surface area contributed by atoms with Gasteiger partial charge in [0.2, 0.25) is 5.88 Å². The molecule has 0 aliphatic heterocycles. The molecule has 0 saturated carbocycles. The van der Waals surface area contributed by atoms with Gasteiger partial charge in [0, 0.05) is 48.2 Å². The summed E-state index contributed by atoms with van der Waals surface area (Å²) in [6.07, 6.45) is 0.204. The SMILES string of the molecule is O=C(CCCNC(=O)c1ccc([N+](=O)[O-])cc1)N=Nc1c(O)[nH]c2ccc([N+](=O)[O-])cc12. The molecule has 3 N–H and O–H groups in total. The molecule has 0 fully saturated rings. The van der Waals surface area contributed by atoms with Gasteiger partial charge in [0.15, 0.2) is 5.69 Å². The minimum absolute atomic E-state index is 0.0483. The van der Waals surface area contributed by atoms with Gasteiger partial charge in [-0.05, 0) is 24.6 Å². The largest absolute Gasteiger partial charge is 0.493 e. The van der Waals surface area contributed by atoms with Crippen LogP contribution in [0.5, 0.6) is 5.88 Å². The van der Waals surface area contributed by atoms with Crippen LogP contribution in [0.15, 0.2) is 52.7 Å². The number of carbonyl (C=O) groups excluding carboxylic acids is 2. The van der Waals surface area contributed by atoms with Crippen molar-refractivity contribution in [1.82, 2.24) is 10.3 Å². The topological polar surface area (TPSA) is 193 Å². The highest BCUT2D eigenvalue weighted by atomic mass is 16.6. The number of hydrogen-bond acceptors (Lipinski definition) is 8. The number of aromatic amines is 1. The van der Waals surface area contributed by atoms with Crippen LogP contribution in [0.25, 0.3) is 10.9 Å². The molecule has 3 rings (SSSR count). The zero-order chi connectivity index (χ0) is 23.3. The summed E-state index contributed by atoms with van der Waals surface area (Å²) in [4.78, 5) is 46.9. The molecule has 2 aromatic carbocycles. The Labute approximate surface area is 179 Å². The molecule has 0 bridgehead atoms. The van der Waals surface area contributed by atoms with E-state index in [9.17, 15) is 34.9 Å². The highest BCUT2D eigenvalue weighted by Crippen LogP contribution is 2.37. The third-order valence-corrected chi connectivity index (χ3v) is 4.40. The van der Waals surface area contributed by atoms with Gasteiger partial charge in [0.25, 0.3) is 23.2 Å². The van der Waals surface area contributed by atoms with Crippen LogP contribution in [0.3, 0.4) is 0 Å². The van der Waals surface area contributed by atoms with Gasteiger partial charge >= 0.3 is 0 Å². The van der Waals surface area contributed by atoms with Crippen molar-refractivity contribution in [3.8, 4) is 5.88 Å². The second-order valence-electron chi connectivity index (χ2n) is 6.57. The number of H-pyrrole nitrogens is 1. The number of carbonyl (C=O) groups is 2. The van der Waals surface area contributed by atoms with E-state index in [1.54, 1.807) is 0 Å². The van der Waals surface area contributed by atoms with Crippen molar-refractivity contribution in [1.29, 1.82) is 0 Å². The predicted molar refractivity (Wildman–Crippen MR) is 111 cm³/mol. The predicted octanol–water partition coefficient (Wildman–Crippen LogP) is 3.51. The second kappa shape index (κ2) is 9.42. The van der Waals surface area contributed by atoms with Gasteiger partial charge in [-0.3, -0.25) is 29.8 Å². The average Bonchev–Trinajstić information content (AvgIpc) is 3.09. The fourth-order valence-electron chi connectivity index (χ4n) is 2.80. The van der Waals surface area contributed by atoms with Crippen molar-refractivity contribution in [2.75, 3.05) is 6.54 Å². The second-order valence-corrected chi connectivity index (χ2v) is 6.57. The lowest BCUT2D eigenvalue weighted by atomic mass is 10.2. The van der Waals surface area contributed by atoms with Crippen LogP contribution in [0.2, 0.25) is 0 Å². The van der Waals surface area contributed by atoms with Gasteiger partial charge in [-0.1, -0.05) is 0 Å². The summed E-state index contributed by atoms with van der Waals surface area (Å²) in [7, 11) is 0. The Kier molecular flexibility index (Phi) is 6.48. The lowest BCUT2D eigenvalue weighted by Gasteiger charge is -2.04. The van der Waals surface area contributed by atoms with E-state index in [1.807, 2.05) is 0 Å². The zero-order valence-electron chi connectivity index (χ0n) is 16.3. The van der Waals surface area contributed by atoms with E-state index in [0.29, 0.717) is 5.52 Å². The first-order chi connectivity index (χ1) is 15.3. The van der Waals surface area contributed by atoms with Crippen molar-refractivity contribution in [3.63, 3.8) is 0 Å². The van der Waals surface area contributed by atoms with Crippen LogP contribution >= 0.6 is 0 Å². The Balaban J connectivity index is 1.53. The van der Waals surface area contributed by atoms with E-state index in [-0.39, 0.29) is 53.3 Å². The molecule has 1 aromatic heterocycles. The third-order valence-electron chi connectivity index (χ3n) is 4.40. The number of amides is 2. The number of aromatic hydroxyl groups is 1. The number of nitro groups is 2. The standard InChI is InChI=1S/C19H16N6O7/c26-16(2-1-9-20-18(27)11-3-5-12(6-4-11)24(29)30)22-23-17-14-10-13(25(31)32)7-8-15(14)21-19(17)28/h3-8,10,21,28H,1-2,9H2,(H,20,27). The molecule has 32 heavy (non-hydrogen) atoms. The van der Waals surface area contributed by atoms with Crippen molar-refractivity contribution in [2.45, 2.75) is 12.8 Å². The molecule has 0 spiro atoms. The molecule has 13 heteroatoms. The first-order valence-electron chi connectivity index (χ1n) is 9.22. The monoisotopic (exact) mass is 440 g/mol. The molecule has 0 aliphatic carbocycles.